The number of aliphatic hydroxyl groups is 1. The Bertz CT molecular complexity index is 1560. The second-order valence-electron chi connectivity index (χ2n) is 8.88. The highest BCUT2D eigenvalue weighted by Gasteiger charge is 2.48. The van der Waals surface area contributed by atoms with Gasteiger partial charge < -0.3 is 19.3 Å². The number of Topliss-reactive ketones (excluding diaryl/α,β-unsaturated/α-hetero) is 1. The molecule has 2 heterocycles. The molecule has 1 N–H and O–H groups in total. The highest BCUT2D eigenvalue weighted by molar-refractivity contribution is 7.22. The van der Waals surface area contributed by atoms with E-state index in [1.807, 2.05) is 32.0 Å². The molecule has 1 fully saturated rings. The van der Waals surface area contributed by atoms with E-state index in [1.54, 1.807) is 48.5 Å². The molecule has 0 aliphatic carbocycles. The first kappa shape index (κ1) is 26.2. The number of thiazole rings is 1. The number of nitrogens with zero attached hydrogens (tertiary/aromatic N) is 2. The number of methoxy groups -OCH3 is 1. The summed E-state index contributed by atoms with van der Waals surface area (Å²) in [5.74, 6) is 0.0401. The minimum Gasteiger partial charge on any atom is -0.507 e. The minimum atomic E-state index is -0.900. The van der Waals surface area contributed by atoms with Gasteiger partial charge in [-0.1, -0.05) is 42.5 Å². The van der Waals surface area contributed by atoms with Crippen LogP contribution in [-0.2, 0) is 9.59 Å². The molecule has 0 radical (unpaired) electrons. The zero-order valence-corrected chi connectivity index (χ0v) is 22.7. The van der Waals surface area contributed by atoms with Crippen molar-refractivity contribution in [1.29, 1.82) is 0 Å². The van der Waals surface area contributed by atoms with Crippen LogP contribution in [0.15, 0.2) is 72.3 Å². The summed E-state index contributed by atoms with van der Waals surface area (Å²) in [5, 5.41) is 11.7. The molecule has 1 saturated heterocycles. The average Bonchev–Trinajstić information content (AvgIpc) is 3.49. The topological polar surface area (TPSA) is 98.2 Å². The first-order chi connectivity index (χ1) is 18.9. The number of rotatable bonds is 9. The van der Waals surface area contributed by atoms with Crippen LogP contribution >= 0.6 is 11.3 Å². The number of aromatic nitrogens is 1. The fraction of sp³-hybridized carbons (Fsp3) is 0.233. The molecule has 1 amide bonds. The SMILES string of the molecule is CCCOc1ccc(C2C(=C(O)c3cccc(OC)c3)C(=O)C(=O)N2c2nc3ccc(OCC)cc3s2)cc1. The van der Waals surface area contributed by atoms with Gasteiger partial charge in [0.05, 0.1) is 42.2 Å². The summed E-state index contributed by atoms with van der Waals surface area (Å²) in [5.41, 5.74) is 1.66. The Morgan fingerprint density at radius 2 is 1.74 bits per heavy atom. The normalized spacial score (nSPS) is 16.6. The van der Waals surface area contributed by atoms with E-state index in [2.05, 4.69) is 4.98 Å². The van der Waals surface area contributed by atoms with Crippen molar-refractivity contribution in [3.8, 4) is 17.2 Å². The molecular weight excluding hydrogens is 516 g/mol. The Morgan fingerprint density at radius 3 is 2.46 bits per heavy atom. The van der Waals surface area contributed by atoms with Crippen LogP contribution in [0.2, 0.25) is 0 Å². The summed E-state index contributed by atoms with van der Waals surface area (Å²) >= 11 is 1.28. The maximum absolute atomic E-state index is 13.5. The van der Waals surface area contributed by atoms with Gasteiger partial charge in [-0.15, -0.1) is 0 Å². The molecule has 4 aromatic rings. The summed E-state index contributed by atoms with van der Waals surface area (Å²) in [6.07, 6.45) is 0.866. The van der Waals surface area contributed by atoms with E-state index in [0.717, 1.165) is 11.1 Å². The number of anilines is 1. The average molecular weight is 545 g/mol. The van der Waals surface area contributed by atoms with Gasteiger partial charge in [-0.05, 0) is 61.4 Å². The Morgan fingerprint density at radius 1 is 0.974 bits per heavy atom. The number of ketones is 1. The molecule has 1 unspecified atom stereocenters. The predicted molar refractivity (Wildman–Crippen MR) is 151 cm³/mol. The molecule has 9 heteroatoms. The Hall–Kier alpha value is -4.37. The van der Waals surface area contributed by atoms with Crippen molar-refractivity contribution in [3.63, 3.8) is 0 Å². The number of amides is 1. The number of aliphatic hydroxyl groups excluding tert-OH is 1. The Balaban J connectivity index is 1.65. The molecular formula is C30H28N2O6S. The molecule has 8 nitrogen and oxygen atoms in total. The minimum absolute atomic E-state index is 0.0234. The van der Waals surface area contributed by atoms with Crippen molar-refractivity contribution >= 4 is 44.1 Å². The van der Waals surface area contributed by atoms with Crippen LogP contribution < -0.4 is 19.1 Å². The van der Waals surface area contributed by atoms with Crippen LogP contribution in [0, 0.1) is 0 Å². The van der Waals surface area contributed by atoms with Crippen LogP contribution in [-0.4, -0.2) is 42.1 Å². The summed E-state index contributed by atoms with van der Waals surface area (Å²) in [6.45, 7) is 5.02. The Labute approximate surface area is 230 Å². The zero-order valence-electron chi connectivity index (χ0n) is 21.8. The third-order valence-electron chi connectivity index (χ3n) is 6.32. The Kier molecular flexibility index (Phi) is 7.51. The number of benzene rings is 3. The number of carbonyl (C=O) groups excluding carboxylic acids is 2. The van der Waals surface area contributed by atoms with E-state index in [9.17, 15) is 14.7 Å². The van der Waals surface area contributed by atoms with E-state index < -0.39 is 17.7 Å². The summed E-state index contributed by atoms with van der Waals surface area (Å²) < 4.78 is 17.4. The van der Waals surface area contributed by atoms with Crippen LogP contribution in [0.1, 0.15) is 37.4 Å². The van der Waals surface area contributed by atoms with Gasteiger partial charge in [0.25, 0.3) is 5.78 Å². The van der Waals surface area contributed by atoms with E-state index in [0.29, 0.717) is 52.2 Å². The van der Waals surface area contributed by atoms with Crippen molar-refractivity contribution in [2.24, 2.45) is 0 Å². The summed E-state index contributed by atoms with van der Waals surface area (Å²) in [6, 6.07) is 18.5. The van der Waals surface area contributed by atoms with Gasteiger partial charge in [0, 0.05) is 5.56 Å². The lowest BCUT2D eigenvalue weighted by Gasteiger charge is -2.23. The maximum Gasteiger partial charge on any atom is 0.301 e. The van der Waals surface area contributed by atoms with E-state index >= 15 is 0 Å². The summed E-state index contributed by atoms with van der Waals surface area (Å²) in [7, 11) is 1.52. The van der Waals surface area contributed by atoms with Gasteiger partial charge >= 0.3 is 5.91 Å². The molecule has 200 valence electrons. The molecule has 5 rings (SSSR count). The summed E-state index contributed by atoms with van der Waals surface area (Å²) in [4.78, 5) is 33.1. The fourth-order valence-corrected chi connectivity index (χ4v) is 5.51. The molecule has 0 bridgehead atoms. The monoisotopic (exact) mass is 544 g/mol. The van der Waals surface area contributed by atoms with Crippen LogP contribution in [0.3, 0.4) is 0 Å². The molecule has 39 heavy (non-hydrogen) atoms. The van der Waals surface area contributed by atoms with E-state index in [4.69, 9.17) is 14.2 Å². The van der Waals surface area contributed by atoms with Crippen molar-refractivity contribution in [2.75, 3.05) is 25.2 Å². The van der Waals surface area contributed by atoms with Gasteiger partial charge in [-0.2, -0.15) is 0 Å². The van der Waals surface area contributed by atoms with Gasteiger partial charge in [-0.25, -0.2) is 4.98 Å². The smallest absolute Gasteiger partial charge is 0.301 e. The number of hydrogen-bond acceptors (Lipinski definition) is 8. The second kappa shape index (κ2) is 11.2. The predicted octanol–water partition coefficient (Wildman–Crippen LogP) is 6.12. The van der Waals surface area contributed by atoms with Crippen LogP contribution in [0.4, 0.5) is 5.13 Å². The third kappa shape index (κ3) is 5.05. The third-order valence-corrected chi connectivity index (χ3v) is 7.34. The number of fused-ring (bicyclic) bond motifs is 1. The lowest BCUT2D eigenvalue weighted by molar-refractivity contribution is -0.132. The number of carbonyl (C=O) groups is 2. The van der Waals surface area contributed by atoms with Crippen LogP contribution in [0.25, 0.3) is 16.0 Å². The van der Waals surface area contributed by atoms with Gasteiger partial charge in [0.1, 0.15) is 23.0 Å². The first-order valence-corrected chi connectivity index (χ1v) is 13.5. The number of ether oxygens (including phenoxy) is 3. The quantitative estimate of drug-likeness (QED) is 0.154. The zero-order chi connectivity index (χ0) is 27.5. The van der Waals surface area contributed by atoms with Gasteiger partial charge in [0.15, 0.2) is 5.13 Å². The molecule has 3 aromatic carbocycles. The molecule has 1 aromatic heterocycles. The molecule has 1 atom stereocenters. The highest BCUT2D eigenvalue weighted by atomic mass is 32.1. The van der Waals surface area contributed by atoms with Crippen molar-refractivity contribution in [3.05, 3.63) is 83.4 Å². The van der Waals surface area contributed by atoms with Crippen LogP contribution in [0.5, 0.6) is 17.2 Å². The van der Waals surface area contributed by atoms with Crippen molar-refractivity contribution in [1.82, 2.24) is 4.98 Å². The van der Waals surface area contributed by atoms with Crippen molar-refractivity contribution < 1.29 is 28.9 Å². The number of hydrogen-bond donors (Lipinski definition) is 1. The van der Waals surface area contributed by atoms with E-state index in [1.165, 1.54) is 23.3 Å². The lowest BCUT2D eigenvalue weighted by atomic mass is 9.95. The molecule has 0 saturated carbocycles. The van der Waals surface area contributed by atoms with Crippen molar-refractivity contribution in [2.45, 2.75) is 26.3 Å². The lowest BCUT2D eigenvalue weighted by Crippen LogP contribution is -2.29. The largest absolute Gasteiger partial charge is 0.507 e. The maximum atomic E-state index is 13.5. The fourth-order valence-electron chi connectivity index (χ4n) is 4.49. The molecule has 0 spiro atoms. The second-order valence-corrected chi connectivity index (χ2v) is 9.89. The van der Waals surface area contributed by atoms with Gasteiger partial charge in [-0.3, -0.25) is 14.5 Å². The first-order valence-electron chi connectivity index (χ1n) is 12.7. The molecule has 1 aliphatic heterocycles. The van der Waals surface area contributed by atoms with Gasteiger partial charge in [0.2, 0.25) is 0 Å². The molecule has 1 aliphatic rings. The van der Waals surface area contributed by atoms with E-state index in [-0.39, 0.29) is 11.3 Å². The standard InChI is InChI=1S/C30H28N2O6S/c1-4-15-38-20-11-9-18(10-12-20)26-25(27(33)19-7-6-8-21(16-19)36-3)28(34)29(35)32(26)30-31-23-14-13-22(37-5-2)17-24(23)39-30/h6-14,16-17,26,33H,4-5,15H2,1-3H3. The highest BCUT2D eigenvalue weighted by Crippen LogP contribution is 2.45.